The lowest BCUT2D eigenvalue weighted by atomic mass is 10.1. The van der Waals surface area contributed by atoms with Crippen molar-refractivity contribution >= 4 is 67.5 Å². The Morgan fingerprint density at radius 1 is 1.03 bits per heavy atom. The Kier molecular flexibility index (Phi) is 6.66. The number of amides is 2. The number of thiocarbonyl (C=S) groups is 1. The number of allylic oxidation sites excluding steroid dienone is 4. The van der Waals surface area contributed by atoms with Gasteiger partial charge in [0.05, 0.1) is 16.5 Å². The van der Waals surface area contributed by atoms with E-state index in [0.717, 1.165) is 26.4 Å². The number of anilines is 1. The lowest BCUT2D eigenvalue weighted by Crippen LogP contribution is -2.51. The first-order chi connectivity index (χ1) is 15.7. The molecule has 2 amide bonds. The minimum atomic E-state index is -4.05. The van der Waals surface area contributed by atoms with Crippen LogP contribution in [0.4, 0.5) is 5.69 Å². The second-order valence-electron chi connectivity index (χ2n) is 7.24. The molecule has 4 rings (SSSR count). The molecule has 11 heteroatoms. The van der Waals surface area contributed by atoms with Gasteiger partial charge in [-0.2, -0.15) is 8.42 Å². The van der Waals surface area contributed by atoms with Crippen molar-refractivity contribution in [3.05, 3.63) is 71.3 Å². The van der Waals surface area contributed by atoms with Crippen molar-refractivity contribution in [2.45, 2.75) is 11.3 Å². The molecule has 0 unspecified atom stereocenters. The fourth-order valence-electron chi connectivity index (χ4n) is 3.51. The van der Waals surface area contributed by atoms with Crippen molar-refractivity contribution in [1.82, 2.24) is 10.6 Å². The second kappa shape index (κ2) is 9.48. The maximum atomic E-state index is 11.9. The van der Waals surface area contributed by atoms with Gasteiger partial charge in [0.2, 0.25) is 0 Å². The van der Waals surface area contributed by atoms with Crippen molar-refractivity contribution in [3.63, 3.8) is 0 Å². The van der Waals surface area contributed by atoms with Gasteiger partial charge in [0.15, 0.2) is 5.11 Å². The van der Waals surface area contributed by atoms with E-state index in [9.17, 15) is 18.0 Å². The smallest absolute Gasteiger partial charge is 0.264 e. The fraction of sp³-hybridized carbons (Fsp3) is 0.136. The molecule has 8 nitrogen and oxygen atoms in total. The van der Waals surface area contributed by atoms with Gasteiger partial charge < -0.3 is 4.90 Å². The van der Waals surface area contributed by atoms with Crippen LogP contribution in [-0.2, 0) is 19.7 Å². The van der Waals surface area contributed by atoms with Crippen LogP contribution >= 0.6 is 24.0 Å². The SMILES string of the molecule is O=C1NC(=S)NC(=O)C1=C/C=C/C=C1/Sc2c(ccc3ccccc23)N1CCCS(=O)(=O)O. The van der Waals surface area contributed by atoms with E-state index in [2.05, 4.69) is 10.6 Å². The highest BCUT2D eigenvalue weighted by Gasteiger charge is 2.27. The van der Waals surface area contributed by atoms with E-state index in [1.54, 1.807) is 23.9 Å². The molecule has 0 saturated carbocycles. The Bertz CT molecular complexity index is 1340. The molecule has 2 aliphatic heterocycles. The maximum absolute atomic E-state index is 11.9. The zero-order valence-electron chi connectivity index (χ0n) is 17.1. The molecule has 0 atom stereocenters. The summed E-state index contributed by atoms with van der Waals surface area (Å²) < 4.78 is 31.4. The van der Waals surface area contributed by atoms with Crippen molar-refractivity contribution < 1.29 is 22.6 Å². The monoisotopic (exact) mass is 501 g/mol. The number of benzene rings is 2. The van der Waals surface area contributed by atoms with Crippen LogP contribution in [0.5, 0.6) is 0 Å². The third-order valence-electron chi connectivity index (χ3n) is 4.96. The van der Waals surface area contributed by atoms with Gasteiger partial charge in [-0.1, -0.05) is 54.2 Å². The minimum absolute atomic E-state index is 0.0267. The van der Waals surface area contributed by atoms with Crippen LogP contribution in [0.25, 0.3) is 10.8 Å². The van der Waals surface area contributed by atoms with Crippen molar-refractivity contribution in [3.8, 4) is 0 Å². The van der Waals surface area contributed by atoms with Crippen LogP contribution in [0.1, 0.15) is 6.42 Å². The normalized spacial score (nSPS) is 17.6. The van der Waals surface area contributed by atoms with Crippen LogP contribution in [0.3, 0.4) is 0 Å². The van der Waals surface area contributed by atoms with Gasteiger partial charge >= 0.3 is 0 Å². The summed E-state index contributed by atoms with van der Waals surface area (Å²) in [7, 11) is -4.05. The summed E-state index contributed by atoms with van der Waals surface area (Å²) in [6, 6.07) is 12.0. The van der Waals surface area contributed by atoms with Crippen LogP contribution in [0, 0.1) is 0 Å². The van der Waals surface area contributed by atoms with Gasteiger partial charge in [-0.15, -0.1) is 0 Å². The summed E-state index contributed by atoms with van der Waals surface area (Å²) in [4.78, 5) is 26.9. The largest absolute Gasteiger partial charge is 0.335 e. The van der Waals surface area contributed by atoms with Gasteiger partial charge in [-0.25, -0.2) is 0 Å². The van der Waals surface area contributed by atoms with E-state index < -0.39 is 21.9 Å². The number of nitrogens with one attached hydrogen (secondary N) is 2. The molecule has 0 spiro atoms. The van der Waals surface area contributed by atoms with Gasteiger partial charge in [0.25, 0.3) is 21.9 Å². The molecule has 3 N–H and O–H groups in total. The van der Waals surface area contributed by atoms with Gasteiger partial charge in [0, 0.05) is 11.4 Å². The standard InChI is InChI=1S/C22H19N3O5S3/c26-20-16(21(27)24-22(31)23-20)8-3-4-9-18-25(12-5-13-33(28,29)30)17-11-10-14-6-1-2-7-15(14)19(17)32-18/h1-4,6-11H,5,12-13H2,(H,28,29,30)(H2,23,24,26,27,31)/b4-3+,18-9+. The highest BCUT2D eigenvalue weighted by molar-refractivity contribution is 8.04. The first-order valence-electron chi connectivity index (χ1n) is 9.90. The number of fused-ring (bicyclic) bond motifs is 3. The number of carbonyl (C=O) groups excluding carboxylic acids is 2. The van der Waals surface area contributed by atoms with Crippen molar-refractivity contribution in [2.75, 3.05) is 17.2 Å². The molecular formula is C22H19N3O5S3. The third kappa shape index (κ3) is 5.33. The van der Waals surface area contributed by atoms with Gasteiger partial charge in [-0.3, -0.25) is 24.8 Å². The zero-order valence-corrected chi connectivity index (χ0v) is 19.6. The summed E-state index contributed by atoms with van der Waals surface area (Å²) in [6.07, 6.45) is 6.75. The highest BCUT2D eigenvalue weighted by atomic mass is 32.2. The third-order valence-corrected chi connectivity index (χ3v) is 7.17. The average Bonchev–Trinajstić information content (AvgIpc) is 3.09. The number of hydrogen-bond donors (Lipinski definition) is 3. The number of nitrogens with zero attached hydrogens (tertiary/aromatic N) is 1. The predicted molar refractivity (Wildman–Crippen MR) is 132 cm³/mol. The van der Waals surface area contributed by atoms with Crippen LogP contribution < -0.4 is 15.5 Å². The van der Waals surface area contributed by atoms with Crippen molar-refractivity contribution in [1.29, 1.82) is 0 Å². The van der Waals surface area contributed by atoms with Crippen LogP contribution in [0.15, 0.2) is 76.2 Å². The molecule has 2 aromatic carbocycles. The Hall–Kier alpha value is -2.99. The lowest BCUT2D eigenvalue weighted by molar-refractivity contribution is -0.123. The summed E-state index contributed by atoms with van der Waals surface area (Å²) >= 11 is 6.33. The Morgan fingerprint density at radius 2 is 1.73 bits per heavy atom. The quantitative estimate of drug-likeness (QED) is 0.240. The summed E-state index contributed by atoms with van der Waals surface area (Å²) in [5, 5.41) is 7.75. The number of thioether (sulfide) groups is 1. The molecule has 2 aliphatic rings. The Labute approximate surface area is 200 Å². The molecule has 2 heterocycles. The molecular weight excluding hydrogens is 482 g/mol. The van der Waals surface area contributed by atoms with Crippen LogP contribution in [-0.4, -0.2) is 42.2 Å². The van der Waals surface area contributed by atoms with Crippen LogP contribution in [0.2, 0.25) is 0 Å². The van der Waals surface area contributed by atoms with Gasteiger partial charge in [-0.05, 0) is 47.6 Å². The maximum Gasteiger partial charge on any atom is 0.264 e. The van der Waals surface area contributed by atoms with E-state index in [0.29, 0.717) is 6.54 Å². The van der Waals surface area contributed by atoms with E-state index in [1.165, 1.54) is 6.08 Å². The predicted octanol–water partition coefficient (Wildman–Crippen LogP) is 2.88. The average molecular weight is 502 g/mol. The van der Waals surface area contributed by atoms with Gasteiger partial charge in [0.1, 0.15) is 5.57 Å². The zero-order chi connectivity index (χ0) is 23.6. The molecule has 1 fully saturated rings. The lowest BCUT2D eigenvalue weighted by Gasteiger charge is -2.20. The Morgan fingerprint density at radius 3 is 2.45 bits per heavy atom. The highest BCUT2D eigenvalue weighted by Crippen LogP contribution is 2.49. The molecule has 33 heavy (non-hydrogen) atoms. The molecule has 0 aliphatic carbocycles. The molecule has 170 valence electrons. The van der Waals surface area contributed by atoms with E-state index >= 15 is 0 Å². The first kappa shape index (κ1) is 23.2. The van der Waals surface area contributed by atoms with E-state index in [1.807, 2.05) is 47.4 Å². The molecule has 2 aromatic rings. The summed E-state index contributed by atoms with van der Waals surface area (Å²) in [5.74, 6) is -1.47. The first-order valence-corrected chi connectivity index (χ1v) is 12.7. The minimum Gasteiger partial charge on any atom is -0.335 e. The molecule has 0 radical (unpaired) electrons. The number of carbonyl (C=O) groups is 2. The van der Waals surface area contributed by atoms with Crippen molar-refractivity contribution in [2.24, 2.45) is 0 Å². The fourth-order valence-corrected chi connectivity index (χ4v) is 5.42. The number of rotatable bonds is 6. The molecule has 0 bridgehead atoms. The molecule has 1 saturated heterocycles. The summed E-state index contributed by atoms with van der Waals surface area (Å²) in [5.41, 5.74) is 0.892. The Balaban J connectivity index is 1.61. The summed E-state index contributed by atoms with van der Waals surface area (Å²) in [6.45, 7) is 0.390. The topological polar surface area (TPSA) is 116 Å². The second-order valence-corrected chi connectivity index (χ2v) is 10.2. The number of hydrogen-bond acceptors (Lipinski definition) is 7. The molecule has 0 aromatic heterocycles. The van der Waals surface area contributed by atoms with E-state index in [-0.39, 0.29) is 22.9 Å². The van der Waals surface area contributed by atoms with E-state index in [4.69, 9.17) is 16.8 Å².